The average Bonchev–Trinajstić information content (AvgIpc) is 3.34. The summed E-state index contributed by atoms with van der Waals surface area (Å²) in [6, 6.07) is 0. The zero-order chi connectivity index (χ0) is 52.5. The van der Waals surface area contributed by atoms with E-state index < -0.39 is 24.4 Å². The van der Waals surface area contributed by atoms with Crippen LogP contribution in [-0.2, 0) is 19.2 Å². The minimum atomic E-state index is -1.30. The topological polar surface area (TPSA) is 172 Å². The fourth-order valence-corrected chi connectivity index (χ4v) is 9.02. The van der Waals surface area contributed by atoms with Gasteiger partial charge < -0.3 is 44.9 Å². The Hall–Kier alpha value is -2.40. The first kappa shape index (κ1) is 67.6. The van der Waals surface area contributed by atoms with E-state index in [0.717, 1.165) is 77.0 Å². The van der Waals surface area contributed by atoms with Crippen LogP contribution >= 0.6 is 0 Å². The van der Waals surface area contributed by atoms with E-state index in [9.17, 15) is 39.6 Å². The third-order valence-electron chi connectivity index (χ3n) is 13.8. The Morgan fingerprint density at radius 1 is 0.286 bits per heavy atom. The van der Waals surface area contributed by atoms with Crippen LogP contribution in [0, 0.1) is 0 Å². The number of likely N-dealkylation sites (N-methyl/N-ethyl adjacent to an activating group) is 4. The molecule has 0 spiro atoms. The zero-order valence-corrected chi connectivity index (χ0v) is 46.7. The van der Waals surface area contributed by atoms with Gasteiger partial charge in [-0.15, -0.1) is 0 Å². The smallest absolute Gasteiger partial charge is 0.252 e. The molecule has 0 saturated carbocycles. The van der Waals surface area contributed by atoms with Crippen LogP contribution in [-0.4, -0.2) is 217 Å². The highest BCUT2D eigenvalue weighted by atomic mass is 16.3. The molecule has 0 aromatic heterocycles. The van der Waals surface area contributed by atoms with E-state index in [1.807, 2.05) is 16.8 Å². The number of hydrogen-bond donors (Lipinski definition) is 4. The largest absolute Gasteiger partial charge is 0.382 e. The quantitative estimate of drug-likeness (QED) is 0.0462. The molecule has 4 amide bonds. The Morgan fingerprint density at radius 2 is 0.486 bits per heavy atom. The number of rotatable bonds is 48. The van der Waals surface area contributed by atoms with Gasteiger partial charge in [0.05, 0.1) is 0 Å². The number of aliphatic hydroxyl groups excluding tert-OH is 4. The monoisotopic (exact) mass is 998 g/mol. The van der Waals surface area contributed by atoms with Gasteiger partial charge in [0.2, 0.25) is 0 Å². The van der Waals surface area contributed by atoms with Crippen molar-refractivity contribution >= 4 is 23.6 Å². The van der Waals surface area contributed by atoms with Gasteiger partial charge in [0, 0.05) is 80.5 Å². The van der Waals surface area contributed by atoms with Crippen LogP contribution in [0.2, 0.25) is 0 Å². The van der Waals surface area contributed by atoms with E-state index in [-0.39, 0.29) is 49.8 Å². The van der Waals surface area contributed by atoms with Crippen molar-refractivity contribution in [3.05, 3.63) is 0 Å². The molecule has 4 unspecified atom stereocenters. The predicted octanol–water partition coefficient (Wildman–Crippen LogP) is 7.02. The molecular formula is C55H111N7O8. The summed E-state index contributed by atoms with van der Waals surface area (Å²) in [4.78, 5) is 65.4. The number of carbonyl (C=O) groups excluding carboxylic acids is 4. The molecule has 0 bridgehead atoms. The second-order valence-electron chi connectivity index (χ2n) is 20.7. The van der Waals surface area contributed by atoms with Crippen LogP contribution in [0.3, 0.4) is 0 Å². The fraction of sp³-hybridized carbons (Fsp3) is 0.927. The first-order valence-corrected chi connectivity index (χ1v) is 28.4. The normalized spacial score (nSPS) is 13.5. The van der Waals surface area contributed by atoms with Crippen LogP contribution in [0.5, 0.6) is 0 Å². The van der Waals surface area contributed by atoms with E-state index in [1.165, 1.54) is 77.0 Å². The van der Waals surface area contributed by atoms with Crippen LogP contribution in [0.25, 0.3) is 0 Å². The highest BCUT2D eigenvalue weighted by Crippen LogP contribution is 2.12. The molecule has 0 aromatic carbocycles. The first-order chi connectivity index (χ1) is 33.5. The van der Waals surface area contributed by atoms with Crippen molar-refractivity contribution in [2.45, 2.75) is 219 Å². The van der Waals surface area contributed by atoms with Gasteiger partial charge >= 0.3 is 0 Å². The molecule has 0 aliphatic carbocycles. The molecule has 4 N–H and O–H groups in total. The molecule has 414 valence electrons. The molecular weight excluding hydrogens is 887 g/mol. The Kier molecular flexibility index (Phi) is 42.6. The number of unbranched alkanes of at least 4 members (excludes halogenated alkanes) is 20. The van der Waals surface area contributed by atoms with E-state index in [0.29, 0.717) is 65.2 Å². The maximum absolute atomic E-state index is 13.3. The Bertz CT molecular complexity index is 1120. The summed E-state index contributed by atoms with van der Waals surface area (Å²) in [5.74, 6) is -1.47. The summed E-state index contributed by atoms with van der Waals surface area (Å²) in [7, 11) is 8.86. The Labute approximate surface area is 429 Å². The van der Waals surface area contributed by atoms with Gasteiger partial charge in [0.15, 0.2) is 0 Å². The van der Waals surface area contributed by atoms with E-state index in [1.54, 1.807) is 47.8 Å². The van der Waals surface area contributed by atoms with Gasteiger partial charge in [-0.05, 0) is 71.8 Å². The minimum Gasteiger partial charge on any atom is -0.382 e. The maximum atomic E-state index is 13.3. The summed E-state index contributed by atoms with van der Waals surface area (Å²) < 4.78 is 0. The summed E-state index contributed by atoms with van der Waals surface area (Å²) in [5.41, 5.74) is 0. The van der Waals surface area contributed by atoms with Crippen molar-refractivity contribution < 1.29 is 39.6 Å². The van der Waals surface area contributed by atoms with Crippen molar-refractivity contribution in [3.8, 4) is 0 Å². The maximum Gasteiger partial charge on any atom is 0.252 e. The number of carbonyl (C=O) groups is 4. The van der Waals surface area contributed by atoms with E-state index >= 15 is 0 Å². The van der Waals surface area contributed by atoms with Crippen LogP contribution in [0.4, 0.5) is 0 Å². The van der Waals surface area contributed by atoms with E-state index in [4.69, 9.17) is 0 Å². The molecule has 4 atom stereocenters. The molecule has 0 radical (unpaired) electrons. The highest BCUT2D eigenvalue weighted by Gasteiger charge is 2.29. The second-order valence-corrected chi connectivity index (χ2v) is 20.7. The SMILES string of the molecule is CCCCCCCCN(C)C(=O)C(O)CN(CCCN(C)CCCN(CC(O)C(=O)N(C)CCCCCCCC)CC(O)C(=O)N(C)CCCCCCCC)CC(O)C(=O)N(C)CCCCCCCC. The number of amides is 4. The highest BCUT2D eigenvalue weighted by molar-refractivity contribution is 5.82. The number of aliphatic hydroxyl groups is 4. The van der Waals surface area contributed by atoms with Gasteiger partial charge in [-0.2, -0.15) is 0 Å². The van der Waals surface area contributed by atoms with Gasteiger partial charge in [0.1, 0.15) is 24.4 Å². The third-order valence-corrected chi connectivity index (χ3v) is 13.8. The van der Waals surface area contributed by atoms with Crippen molar-refractivity contribution in [1.29, 1.82) is 0 Å². The van der Waals surface area contributed by atoms with Crippen molar-refractivity contribution in [2.75, 3.05) is 114 Å². The number of hydrogen-bond acceptors (Lipinski definition) is 11. The molecule has 0 fully saturated rings. The molecule has 0 rings (SSSR count). The molecule has 70 heavy (non-hydrogen) atoms. The van der Waals surface area contributed by atoms with Crippen molar-refractivity contribution in [2.24, 2.45) is 0 Å². The van der Waals surface area contributed by atoms with Crippen LogP contribution in [0.1, 0.15) is 195 Å². The lowest BCUT2D eigenvalue weighted by molar-refractivity contribution is -0.143. The number of nitrogens with zero attached hydrogens (tertiary/aromatic N) is 7. The molecule has 15 heteroatoms. The summed E-state index contributed by atoms with van der Waals surface area (Å²) in [6.45, 7) is 13.1. The molecule has 0 heterocycles. The van der Waals surface area contributed by atoms with Gasteiger partial charge in [0.25, 0.3) is 23.6 Å². The third kappa shape index (κ3) is 34.1. The molecule has 0 aliphatic rings. The average molecular weight is 999 g/mol. The second kappa shape index (κ2) is 44.1. The standard InChI is InChI=1S/C55H111N7O8/c1-10-14-18-22-26-30-38-57(6)52(67)48(63)44-61(45-49(64)53(68)58(7)39-31-27-23-19-15-11-2)42-34-36-56(5)37-35-43-62(46-50(65)54(69)59(8)40-32-28-24-20-16-12-3)47-51(66)55(70)60(9)41-33-29-25-21-17-13-4/h48-51,63-66H,10-47H2,1-9H3. The molecule has 15 nitrogen and oxygen atoms in total. The summed E-state index contributed by atoms with van der Waals surface area (Å²) in [6.07, 6.45) is 22.4. The lowest BCUT2D eigenvalue weighted by atomic mass is 10.1. The first-order valence-electron chi connectivity index (χ1n) is 28.4. The van der Waals surface area contributed by atoms with Crippen molar-refractivity contribution in [1.82, 2.24) is 34.3 Å². The van der Waals surface area contributed by atoms with Crippen LogP contribution in [0.15, 0.2) is 0 Å². The van der Waals surface area contributed by atoms with Gasteiger partial charge in [-0.25, -0.2) is 0 Å². The lowest BCUT2D eigenvalue weighted by Gasteiger charge is -2.31. The molecule has 0 aromatic rings. The summed E-state index contributed by atoms with van der Waals surface area (Å²) in [5, 5.41) is 44.7. The minimum absolute atomic E-state index is 0.00574. The zero-order valence-electron chi connectivity index (χ0n) is 46.7. The van der Waals surface area contributed by atoms with Crippen molar-refractivity contribution in [3.63, 3.8) is 0 Å². The fourth-order valence-electron chi connectivity index (χ4n) is 9.02. The van der Waals surface area contributed by atoms with Gasteiger partial charge in [-0.1, -0.05) is 156 Å². The Balaban J connectivity index is 5.70. The van der Waals surface area contributed by atoms with Crippen LogP contribution < -0.4 is 0 Å². The van der Waals surface area contributed by atoms with E-state index in [2.05, 4.69) is 32.6 Å². The Morgan fingerprint density at radius 3 is 0.700 bits per heavy atom. The lowest BCUT2D eigenvalue weighted by Crippen LogP contribution is -2.49. The molecule has 0 aliphatic heterocycles. The predicted molar refractivity (Wildman–Crippen MR) is 288 cm³/mol. The van der Waals surface area contributed by atoms with Gasteiger partial charge in [-0.3, -0.25) is 29.0 Å². The molecule has 0 saturated heterocycles. The summed E-state index contributed by atoms with van der Waals surface area (Å²) >= 11 is 0.